The fourth-order valence-electron chi connectivity index (χ4n) is 5.32. The molecule has 2 aromatic carbocycles. The van der Waals surface area contributed by atoms with Crippen LogP contribution < -0.4 is 26.6 Å². The fourth-order valence-corrected chi connectivity index (χ4v) is 5.32. The lowest BCUT2D eigenvalue weighted by Crippen LogP contribution is -2.89. The van der Waals surface area contributed by atoms with E-state index in [-0.39, 0.29) is 30.9 Å². The Labute approximate surface area is 272 Å². The number of benzene rings is 2. The molecule has 14 heteroatoms. The van der Waals surface area contributed by atoms with Crippen molar-refractivity contribution < 1.29 is 49.4 Å². The Hall–Kier alpha value is -4.98. The van der Waals surface area contributed by atoms with E-state index in [1.54, 1.807) is 35.6 Å². The van der Waals surface area contributed by atoms with Crippen LogP contribution in [-0.4, -0.2) is 87.6 Å². The predicted octanol–water partition coefficient (Wildman–Crippen LogP) is -0.552. The third-order valence-corrected chi connectivity index (χ3v) is 7.77. The van der Waals surface area contributed by atoms with Crippen LogP contribution in [0.5, 0.6) is 5.75 Å². The van der Waals surface area contributed by atoms with Gasteiger partial charge in [0.1, 0.15) is 29.9 Å². The molecule has 1 aliphatic rings. The van der Waals surface area contributed by atoms with Crippen LogP contribution >= 0.6 is 0 Å². The third kappa shape index (κ3) is 12.0. The monoisotopic (exact) mass is 654 g/mol. The number of carbonyl (C=O) groups excluding carboxylic acids is 4. The highest BCUT2D eigenvalue weighted by Crippen LogP contribution is 2.13. The van der Waals surface area contributed by atoms with Crippen molar-refractivity contribution in [3.8, 4) is 5.75 Å². The minimum absolute atomic E-state index is 0.00188. The van der Waals surface area contributed by atoms with Crippen molar-refractivity contribution in [3.05, 3.63) is 65.7 Å². The molecule has 14 nitrogen and oxygen atoms in total. The van der Waals surface area contributed by atoms with E-state index in [4.69, 9.17) is 0 Å². The number of aromatic hydroxyl groups is 1. The molecule has 2 aromatic rings. The van der Waals surface area contributed by atoms with Crippen molar-refractivity contribution in [2.75, 3.05) is 6.54 Å². The maximum absolute atomic E-state index is 13.8. The van der Waals surface area contributed by atoms with Crippen LogP contribution in [0.4, 0.5) is 0 Å². The standard InChI is InChI=1S/C33H43N5O9/c1-19(2)15-27(33(46)47)38-31(44)24(16-20-7-4-3-5-8-20)35-30(43)25(17-21-10-12-22(39)13-11-21)36-32(45)26(18-28(40)41)37-29(42)23-9-6-14-34-23/h3-5,7-8,10-13,19,23-27,34,39H,6,9,14-18H2,1-2H3,(H,35,43)(H,36,45)(H,37,42)(H,38,44)(H,40,41)(H,46,47)/p+1/t23-,24-,25-,26-,27-/m0/s1. The van der Waals surface area contributed by atoms with Crippen LogP contribution in [0.25, 0.3) is 0 Å². The minimum Gasteiger partial charge on any atom is -0.508 e. The molecule has 0 bridgehead atoms. The van der Waals surface area contributed by atoms with Crippen LogP contribution in [0, 0.1) is 5.92 Å². The molecular formula is C33H44N5O9+. The number of carbonyl (C=O) groups is 6. The molecule has 4 amide bonds. The number of aliphatic carboxylic acids is 2. The Morgan fingerprint density at radius 2 is 1.28 bits per heavy atom. The van der Waals surface area contributed by atoms with Gasteiger partial charge in [0.15, 0.2) is 6.04 Å². The summed E-state index contributed by atoms with van der Waals surface area (Å²) in [5, 5.41) is 40.9. The molecule has 0 saturated carbocycles. The largest absolute Gasteiger partial charge is 0.508 e. The Kier molecular flexibility index (Phi) is 13.7. The van der Waals surface area contributed by atoms with Crippen molar-refractivity contribution in [2.24, 2.45) is 5.92 Å². The molecule has 0 aromatic heterocycles. The summed E-state index contributed by atoms with van der Waals surface area (Å²) in [6.45, 7) is 4.35. The second-order valence-corrected chi connectivity index (χ2v) is 12.1. The van der Waals surface area contributed by atoms with Crippen molar-refractivity contribution in [1.29, 1.82) is 0 Å². The first kappa shape index (κ1) is 36.5. The Balaban J connectivity index is 1.88. The molecule has 254 valence electrons. The lowest BCUT2D eigenvalue weighted by Gasteiger charge is -2.26. The van der Waals surface area contributed by atoms with Gasteiger partial charge in [0.25, 0.3) is 5.91 Å². The van der Waals surface area contributed by atoms with E-state index in [0.717, 1.165) is 13.0 Å². The normalized spacial score (nSPS) is 16.7. The second-order valence-electron chi connectivity index (χ2n) is 12.1. The topological polar surface area (TPSA) is 228 Å². The number of quaternary nitrogens is 1. The third-order valence-electron chi connectivity index (χ3n) is 7.77. The number of amides is 4. The molecular weight excluding hydrogens is 610 g/mol. The molecule has 0 unspecified atom stereocenters. The zero-order valence-electron chi connectivity index (χ0n) is 26.5. The minimum atomic E-state index is -1.49. The van der Waals surface area contributed by atoms with Crippen LogP contribution in [0.1, 0.15) is 50.7 Å². The number of nitrogens with one attached hydrogen (secondary N) is 4. The van der Waals surface area contributed by atoms with E-state index < -0.39 is 72.2 Å². The van der Waals surface area contributed by atoms with Gasteiger partial charge in [-0.3, -0.25) is 24.0 Å². The quantitative estimate of drug-likeness (QED) is 0.109. The molecule has 9 N–H and O–H groups in total. The van der Waals surface area contributed by atoms with Crippen LogP contribution in [0.15, 0.2) is 54.6 Å². The van der Waals surface area contributed by atoms with Gasteiger partial charge < -0.3 is 41.9 Å². The lowest BCUT2D eigenvalue weighted by molar-refractivity contribution is -0.657. The van der Waals surface area contributed by atoms with Crippen molar-refractivity contribution in [2.45, 2.75) is 82.6 Å². The first-order valence-corrected chi connectivity index (χ1v) is 15.6. The number of hydrogen-bond donors (Lipinski definition) is 8. The SMILES string of the molecule is CC(C)C[C@H](NC(=O)[C@H](Cc1ccccc1)NC(=O)[C@H](Cc1ccc(O)cc1)NC(=O)[C@H](CC(=O)O)NC(=O)[C@@H]1CCC[NH2+]1)C(=O)O. The molecule has 1 aliphatic heterocycles. The molecule has 1 heterocycles. The number of carboxylic acids is 2. The maximum atomic E-state index is 13.8. The van der Waals surface area contributed by atoms with Gasteiger partial charge in [-0.05, 0) is 35.6 Å². The van der Waals surface area contributed by atoms with E-state index in [2.05, 4.69) is 21.3 Å². The highest BCUT2D eigenvalue weighted by atomic mass is 16.4. The molecule has 0 aliphatic carbocycles. The zero-order valence-corrected chi connectivity index (χ0v) is 26.5. The van der Waals surface area contributed by atoms with Crippen LogP contribution in [0.3, 0.4) is 0 Å². The number of rotatable bonds is 17. The number of phenolic OH excluding ortho intramolecular Hbond substituents is 1. The number of hydrogen-bond acceptors (Lipinski definition) is 7. The van der Waals surface area contributed by atoms with E-state index in [1.807, 2.05) is 13.8 Å². The summed E-state index contributed by atoms with van der Waals surface area (Å²) < 4.78 is 0. The van der Waals surface area contributed by atoms with Gasteiger partial charge in [-0.1, -0.05) is 56.3 Å². The highest BCUT2D eigenvalue weighted by molar-refractivity contribution is 5.96. The molecule has 3 rings (SSSR count). The van der Waals surface area contributed by atoms with Gasteiger partial charge in [-0.2, -0.15) is 0 Å². The smallest absolute Gasteiger partial charge is 0.326 e. The summed E-state index contributed by atoms with van der Waals surface area (Å²) in [7, 11) is 0. The second kappa shape index (κ2) is 17.6. The van der Waals surface area contributed by atoms with E-state index in [9.17, 15) is 44.1 Å². The number of phenols is 1. The Bertz CT molecular complexity index is 1390. The van der Waals surface area contributed by atoms with E-state index in [0.29, 0.717) is 17.5 Å². The van der Waals surface area contributed by atoms with Gasteiger partial charge >= 0.3 is 11.9 Å². The van der Waals surface area contributed by atoms with Gasteiger partial charge in [0, 0.05) is 25.7 Å². The molecule has 0 spiro atoms. The lowest BCUT2D eigenvalue weighted by atomic mass is 10.0. The van der Waals surface area contributed by atoms with Gasteiger partial charge in [0.05, 0.1) is 13.0 Å². The summed E-state index contributed by atoms with van der Waals surface area (Å²) in [4.78, 5) is 77.1. The van der Waals surface area contributed by atoms with Gasteiger partial charge in [-0.25, -0.2) is 4.79 Å². The molecule has 1 fully saturated rings. The summed E-state index contributed by atoms with van der Waals surface area (Å²) in [5.41, 5.74) is 1.20. The number of nitrogens with two attached hydrogens (primary N) is 1. The Morgan fingerprint density at radius 3 is 1.77 bits per heavy atom. The van der Waals surface area contributed by atoms with Crippen molar-refractivity contribution >= 4 is 35.6 Å². The molecule has 0 radical (unpaired) electrons. The maximum Gasteiger partial charge on any atom is 0.326 e. The Morgan fingerprint density at radius 1 is 0.745 bits per heavy atom. The number of carboxylic acid groups (broad SMARTS) is 2. The molecule has 1 saturated heterocycles. The average Bonchev–Trinajstić information content (AvgIpc) is 3.56. The van der Waals surface area contributed by atoms with Crippen LogP contribution in [-0.2, 0) is 41.6 Å². The van der Waals surface area contributed by atoms with Gasteiger partial charge in [0.2, 0.25) is 17.7 Å². The highest BCUT2D eigenvalue weighted by Gasteiger charge is 2.34. The summed E-state index contributed by atoms with van der Waals surface area (Å²) in [6.07, 6.45) is 0.676. The molecule has 47 heavy (non-hydrogen) atoms. The molecule has 5 atom stereocenters. The zero-order chi connectivity index (χ0) is 34.5. The predicted molar refractivity (Wildman–Crippen MR) is 169 cm³/mol. The summed E-state index contributed by atoms with van der Waals surface area (Å²) in [5.74, 6) is -5.58. The first-order chi connectivity index (χ1) is 22.3. The average molecular weight is 655 g/mol. The first-order valence-electron chi connectivity index (χ1n) is 15.6. The van der Waals surface area contributed by atoms with E-state index >= 15 is 0 Å². The van der Waals surface area contributed by atoms with E-state index in [1.165, 1.54) is 24.3 Å². The van der Waals surface area contributed by atoms with Crippen LogP contribution in [0.2, 0.25) is 0 Å². The van der Waals surface area contributed by atoms with Crippen molar-refractivity contribution in [3.63, 3.8) is 0 Å². The van der Waals surface area contributed by atoms with Crippen molar-refractivity contribution in [1.82, 2.24) is 21.3 Å². The summed E-state index contributed by atoms with van der Waals surface area (Å²) >= 11 is 0. The fraction of sp³-hybridized carbons (Fsp3) is 0.455. The van der Waals surface area contributed by atoms with Gasteiger partial charge in [-0.15, -0.1) is 0 Å². The summed E-state index contributed by atoms with van der Waals surface area (Å²) in [6, 6.07) is 8.86.